The summed E-state index contributed by atoms with van der Waals surface area (Å²) in [6.45, 7) is 3.07. The lowest BCUT2D eigenvalue weighted by Crippen LogP contribution is -2.12. The van der Waals surface area contributed by atoms with Crippen LogP contribution in [-0.4, -0.2) is 39.3 Å². The van der Waals surface area contributed by atoms with Crippen LogP contribution >= 0.6 is 11.8 Å². The zero-order valence-electron chi connectivity index (χ0n) is 11.0. The van der Waals surface area contributed by atoms with Crippen molar-refractivity contribution in [1.82, 2.24) is 20.2 Å². The summed E-state index contributed by atoms with van der Waals surface area (Å²) in [5.41, 5.74) is 5.90. The number of nitrogens with zero attached hydrogens (tertiary/aromatic N) is 4. The summed E-state index contributed by atoms with van der Waals surface area (Å²) in [5, 5.41) is 11.9. The van der Waals surface area contributed by atoms with Gasteiger partial charge in [-0.1, -0.05) is 11.8 Å². The molecule has 8 nitrogen and oxygen atoms in total. The molecule has 0 saturated carbocycles. The largest absolute Gasteiger partial charge is 0.468 e. The van der Waals surface area contributed by atoms with Gasteiger partial charge in [0, 0.05) is 6.54 Å². The quantitative estimate of drug-likeness (QED) is 0.587. The molecule has 0 aliphatic heterocycles. The van der Waals surface area contributed by atoms with E-state index >= 15 is 0 Å². The van der Waals surface area contributed by atoms with Crippen LogP contribution in [0.4, 0.5) is 0 Å². The van der Waals surface area contributed by atoms with Crippen molar-refractivity contribution in [3.8, 4) is 0 Å². The molecule has 0 unspecified atom stereocenters. The molecule has 0 radical (unpaired) electrons. The Bertz CT molecular complexity index is 568. The Kier molecular flexibility index (Phi) is 5.13. The van der Waals surface area contributed by atoms with E-state index in [0.717, 1.165) is 0 Å². The highest BCUT2D eigenvalue weighted by molar-refractivity contribution is 7.98. The molecule has 0 spiro atoms. The van der Waals surface area contributed by atoms with Gasteiger partial charge in [0.05, 0.1) is 25.2 Å². The van der Waals surface area contributed by atoms with Crippen molar-refractivity contribution in [1.29, 1.82) is 0 Å². The molecule has 9 heteroatoms. The zero-order valence-corrected chi connectivity index (χ0v) is 11.8. The predicted octanol–water partition coefficient (Wildman–Crippen LogP) is 0.694. The highest BCUT2D eigenvalue weighted by Gasteiger charge is 2.17. The molecule has 0 aliphatic rings. The van der Waals surface area contributed by atoms with Gasteiger partial charge in [-0.15, -0.1) is 5.10 Å². The van der Waals surface area contributed by atoms with Gasteiger partial charge < -0.3 is 14.9 Å². The van der Waals surface area contributed by atoms with Crippen LogP contribution in [0.3, 0.4) is 0 Å². The van der Waals surface area contributed by atoms with Gasteiger partial charge in [0.1, 0.15) is 11.3 Å². The predicted molar refractivity (Wildman–Crippen MR) is 71.1 cm³/mol. The number of thioether (sulfide) groups is 1. The van der Waals surface area contributed by atoms with Crippen molar-refractivity contribution in [2.45, 2.75) is 24.4 Å². The van der Waals surface area contributed by atoms with Crippen LogP contribution in [0, 0.1) is 0 Å². The lowest BCUT2D eigenvalue weighted by atomic mass is 10.3. The van der Waals surface area contributed by atoms with Gasteiger partial charge in [-0.2, -0.15) is 0 Å². The second-order valence-corrected chi connectivity index (χ2v) is 4.68. The Morgan fingerprint density at radius 2 is 2.45 bits per heavy atom. The minimum Gasteiger partial charge on any atom is -0.468 e. The molecule has 2 aromatic heterocycles. The van der Waals surface area contributed by atoms with Gasteiger partial charge >= 0.3 is 5.97 Å². The smallest absolute Gasteiger partial charge is 0.341 e. The molecule has 2 heterocycles. The number of carbonyl (C=O) groups is 1. The molecular weight excluding hydrogens is 282 g/mol. The van der Waals surface area contributed by atoms with Crippen molar-refractivity contribution in [3.63, 3.8) is 0 Å². The number of hydrogen-bond acceptors (Lipinski definition) is 8. The molecule has 2 aromatic rings. The number of tetrazole rings is 1. The van der Waals surface area contributed by atoms with E-state index in [2.05, 4.69) is 15.5 Å². The van der Waals surface area contributed by atoms with Crippen LogP contribution < -0.4 is 5.73 Å². The van der Waals surface area contributed by atoms with Gasteiger partial charge in [0.2, 0.25) is 5.16 Å². The Morgan fingerprint density at radius 1 is 1.60 bits per heavy atom. The van der Waals surface area contributed by atoms with Crippen LogP contribution in [0.15, 0.2) is 21.9 Å². The molecule has 0 bridgehead atoms. The van der Waals surface area contributed by atoms with Crippen LogP contribution in [0.5, 0.6) is 0 Å². The first-order valence-corrected chi connectivity index (χ1v) is 7.07. The highest BCUT2D eigenvalue weighted by Crippen LogP contribution is 2.23. The third-order valence-electron chi connectivity index (χ3n) is 2.41. The molecule has 108 valence electrons. The Morgan fingerprint density at radius 3 is 3.20 bits per heavy atom. The van der Waals surface area contributed by atoms with E-state index < -0.39 is 5.97 Å². The van der Waals surface area contributed by atoms with Crippen LogP contribution in [-0.2, 0) is 17.0 Å². The number of esters is 1. The number of nitrogens with two attached hydrogens (primary N) is 1. The number of aromatic nitrogens is 4. The molecule has 20 heavy (non-hydrogen) atoms. The summed E-state index contributed by atoms with van der Waals surface area (Å²) in [6.07, 6.45) is 1.46. The second kappa shape index (κ2) is 7.06. The number of furan rings is 1. The first-order valence-electron chi connectivity index (χ1n) is 6.08. The Hall–Kier alpha value is -1.87. The number of rotatable bonds is 7. The van der Waals surface area contributed by atoms with Gasteiger partial charge in [-0.05, 0) is 23.4 Å². The van der Waals surface area contributed by atoms with E-state index in [1.165, 1.54) is 18.0 Å². The summed E-state index contributed by atoms with van der Waals surface area (Å²) < 4.78 is 11.9. The van der Waals surface area contributed by atoms with E-state index in [9.17, 15) is 4.79 Å². The van der Waals surface area contributed by atoms with Crippen LogP contribution in [0.25, 0.3) is 0 Å². The lowest BCUT2D eigenvalue weighted by Gasteiger charge is -2.03. The maximum atomic E-state index is 11.7. The summed E-state index contributed by atoms with van der Waals surface area (Å²) in [4.78, 5) is 11.7. The van der Waals surface area contributed by atoms with E-state index in [1.54, 1.807) is 17.7 Å². The molecule has 0 amide bonds. The molecule has 0 atom stereocenters. The van der Waals surface area contributed by atoms with Crippen molar-refractivity contribution < 1.29 is 13.9 Å². The lowest BCUT2D eigenvalue weighted by molar-refractivity contribution is 0.0524. The Labute approximate surface area is 119 Å². The molecule has 2 N–H and O–H groups in total. The fraction of sp³-hybridized carbons (Fsp3) is 0.455. The minimum atomic E-state index is -0.390. The maximum Gasteiger partial charge on any atom is 0.341 e. The fourth-order valence-electron chi connectivity index (χ4n) is 1.54. The fourth-order valence-corrected chi connectivity index (χ4v) is 2.39. The van der Waals surface area contributed by atoms with E-state index in [-0.39, 0.29) is 0 Å². The van der Waals surface area contributed by atoms with E-state index in [1.807, 2.05) is 0 Å². The summed E-state index contributed by atoms with van der Waals surface area (Å²) in [7, 11) is 0. The summed E-state index contributed by atoms with van der Waals surface area (Å²) >= 11 is 1.37. The third kappa shape index (κ3) is 3.36. The van der Waals surface area contributed by atoms with Gasteiger partial charge in [-0.3, -0.25) is 0 Å². The molecule has 0 aromatic carbocycles. The zero-order chi connectivity index (χ0) is 14.4. The van der Waals surface area contributed by atoms with Crippen molar-refractivity contribution in [2.75, 3.05) is 13.2 Å². The first kappa shape index (κ1) is 14.5. The van der Waals surface area contributed by atoms with Crippen molar-refractivity contribution >= 4 is 17.7 Å². The van der Waals surface area contributed by atoms with Crippen LogP contribution in [0.1, 0.15) is 23.0 Å². The standard InChI is InChI=1S/C11H15N5O3S/c1-2-18-10(17)8-3-6-19-9(8)7-20-11-13-14-15-16(11)5-4-12/h3,6H,2,4-5,7,12H2,1H3. The first-order chi connectivity index (χ1) is 9.76. The average molecular weight is 297 g/mol. The average Bonchev–Trinajstić information content (AvgIpc) is 3.05. The Balaban J connectivity index is 2.02. The molecule has 0 aliphatic carbocycles. The van der Waals surface area contributed by atoms with E-state index in [4.69, 9.17) is 14.9 Å². The monoisotopic (exact) mass is 297 g/mol. The normalized spacial score (nSPS) is 10.7. The number of ether oxygens (including phenoxy) is 1. The third-order valence-corrected chi connectivity index (χ3v) is 3.37. The minimum absolute atomic E-state index is 0.325. The highest BCUT2D eigenvalue weighted by atomic mass is 32.2. The van der Waals surface area contributed by atoms with E-state index in [0.29, 0.717) is 41.9 Å². The number of hydrogen-bond donors (Lipinski definition) is 1. The number of carbonyl (C=O) groups excluding carboxylic acids is 1. The second-order valence-electron chi connectivity index (χ2n) is 3.74. The topological polar surface area (TPSA) is 109 Å². The summed E-state index contributed by atoms with van der Waals surface area (Å²) in [5.74, 6) is 0.584. The van der Waals surface area contributed by atoms with Crippen LogP contribution in [0.2, 0.25) is 0 Å². The molecule has 0 saturated heterocycles. The van der Waals surface area contributed by atoms with Gasteiger partial charge in [-0.25, -0.2) is 9.48 Å². The molecule has 0 fully saturated rings. The van der Waals surface area contributed by atoms with Crippen molar-refractivity contribution in [2.24, 2.45) is 5.73 Å². The maximum absolute atomic E-state index is 11.7. The van der Waals surface area contributed by atoms with Gasteiger partial charge in [0.15, 0.2) is 0 Å². The molecule has 2 rings (SSSR count). The van der Waals surface area contributed by atoms with Crippen molar-refractivity contribution in [3.05, 3.63) is 23.7 Å². The molecular formula is C11H15N5O3S. The SMILES string of the molecule is CCOC(=O)c1ccoc1CSc1nnnn1CCN. The van der Waals surface area contributed by atoms with Gasteiger partial charge in [0.25, 0.3) is 0 Å². The summed E-state index contributed by atoms with van der Waals surface area (Å²) in [6, 6.07) is 1.59.